The minimum atomic E-state index is -0.890. The molecule has 162 valence electrons. The Morgan fingerprint density at radius 2 is 1.66 bits per heavy atom. The summed E-state index contributed by atoms with van der Waals surface area (Å²) in [6.07, 6.45) is 7.61. The molecule has 0 fully saturated rings. The Balaban J connectivity index is 1.84. The average molecular weight is 426 g/mol. The highest BCUT2D eigenvalue weighted by Crippen LogP contribution is 2.67. The van der Waals surface area contributed by atoms with E-state index in [4.69, 9.17) is 4.74 Å². The maximum atomic E-state index is 14.2. The van der Waals surface area contributed by atoms with Crippen molar-refractivity contribution in [2.24, 2.45) is 11.3 Å². The first-order valence-electron chi connectivity index (χ1n) is 11.2. The molecule has 0 radical (unpaired) electrons. The highest BCUT2D eigenvalue weighted by molar-refractivity contribution is 6.15. The number of benzene rings is 2. The van der Waals surface area contributed by atoms with Gasteiger partial charge in [-0.05, 0) is 43.0 Å². The number of hydrogen-bond donors (Lipinski definition) is 0. The predicted octanol–water partition coefficient (Wildman–Crippen LogP) is 5.53. The third-order valence-electron chi connectivity index (χ3n) is 7.52. The molecule has 0 saturated carbocycles. The number of nitrogens with zero attached hydrogens (tertiary/aromatic N) is 1. The molecule has 4 atom stereocenters. The van der Waals surface area contributed by atoms with E-state index in [9.17, 15) is 9.59 Å². The zero-order valence-corrected chi connectivity index (χ0v) is 18.6. The lowest BCUT2D eigenvalue weighted by molar-refractivity contribution is -0.128. The van der Waals surface area contributed by atoms with E-state index < -0.39 is 23.0 Å². The van der Waals surface area contributed by atoms with Gasteiger partial charge in [-0.1, -0.05) is 78.9 Å². The Kier molecular flexibility index (Phi) is 4.70. The molecule has 2 aliphatic heterocycles. The first-order chi connectivity index (χ1) is 15.5. The maximum Gasteiger partial charge on any atom is 0.414 e. The molecule has 4 aliphatic rings. The van der Waals surface area contributed by atoms with Crippen molar-refractivity contribution in [1.29, 1.82) is 0 Å². The summed E-state index contributed by atoms with van der Waals surface area (Å²) < 4.78 is 5.37. The molecule has 1 amide bonds. The third kappa shape index (κ3) is 2.44. The summed E-state index contributed by atoms with van der Waals surface area (Å²) in [4.78, 5) is 28.7. The summed E-state index contributed by atoms with van der Waals surface area (Å²) in [5.41, 5.74) is 2.41. The molecule has 32 heavy (non-hydrogen) atoms. The summed E-state index contributed by atoms with van der Waals surface area (Å²) in [5, 5.41) is 0. The maximum absolute atomic E-state index is 14.2. The van der Waals surface area contributed by atoms with Crippen molar-refractivity contribution in [3.8, 4) is 0 Å². The predicted molar refractivity (Wildman–Crippen MR) is 125 cm³/mol. The zero-order chi connectivity index (χ0) is 22.5. The summed E-state index contributed by atoms with van der Waals surface area (Å²) >= 11 is 0. The average Bonchev–Trinajstić information content (AvgIpc) is 2.99. The molecule has 4 heteroatoms. The molecule has 2 aromatic rings. The van der Waals surface area contributed by atoms with Crippen molar-refractivity contribution in [3.63, 3.8) is 0 Å². The molecule has 0 spiro atoms. The first-order valence-corrected chi connectivity index (χ1v) is 11.2. The number of Topliss-reactive ketones (excluding diaryl/α,β-unsaturated/α-hetero) is 1. The van der Waals surface area contributed by atoms with Crippen LogP contribution < -0.4 is 0 Å². The largest absolute Gasteiger partial charge is 0.449 e. The van der Waals surface area contributed by atoms with E-state index in [0.717, 1.165) is 22.3 Å². The Bertz CT molecular complexity index is 1160. The molecule has 4 nitrogen and oxygen atoms in total. The van der Waals surface area contributed by atoms with E-state index in [1.807, 2.05) is 62.5 Å². The molecule has 0 N–H and O–H groups in total. The highest BCUT2D eigenvalue weighted by atomic mass is 16.6. The van der Waals surface area contributed by atoms with Gasteiger partial charge in [0.2, 0.25) is 0 Å². The monoisotopic (exact) mass is 425 g/mol. The number of hydrogen-bond acceptors (Lipinski definition) is 3. The van der Waals surface area contributed by atoms with Crippen molar-refractivity contribution in [2.45, 2.75) is 32.2 Å². The Morgan fingerprint density at radius 1 is 1.00 bits per heavy atom. The second-order valence-corrected chi connectivity index (χ2v) is 8.87. The SMILES string of the molecule is CCOC(=O)N1C=C[C@H]2C=C[C@H]1[C@]1(C)C(=O)C(C)=C(c3ccccc3)[C@]21c1ccccc1. The Morgan fingerprint density at radius 3 is 2.31 bits per heavy atom. The van der Waals surface area contributed by atoms with E-state index >= 15 is 0 Å². The summed E-state index contributed by atoms with van der Waals surface area (Å²) in [6.45, 7) is 6.04. The molecule has 2 aromatic carbocycles. The topological polar surface area (TPSA) is 46.6 Å². The molecule has 0 unspecified atom stereocenters. The van der Waals surface area contributed by atoms with Gasteiger partial charge in [-0.2, -0.15) is 0 Å². The second kappa shape index (κ2) is 7.33. The lowest BCUT2D eigenvalue weighted by Crippen LogP contribution is -2.60. The molecule has 0 aromatic heterocycles. The lowest BCUT2D eigenvalue weighted by Gasteiger charge is -2.53. The van der Waals surface area contributed by atoms with Crippen LogP contribution in [0.25, 0.3) is 5.57 Å². The van der Waals surface area contributed by atoms with Crippen LogP contribution >= 0.6 is 0 Å². The van der Waals surface area contributed by atoms with Crippen LogP contribution in [-0.4, -0.2) is 29.4 Å². The molecular weight excluding hydrogens is 398 g/mol. The lowest BCUT2D eigenvalue weighted by atomic mass is 9.49. The molecule has 0 saturated heterocycles. The van der Waals surface area contributed by atoms with Gasteiger partial charge in [0.1, 0.15) is 0 Å². The fourth-order valence-electron chi connectivity index (χ4n) is 6.30. The summed E-state index contributed by atoms with van der Waals surface area (Å²) in [7, 11) is 0. The highest BCUT2D eigenvalue weighted by Gasteiger charge is 2.69. The van der Waals surface area contributed by atoms with E-state index in [0.29, 0.717) is 0 Å². The van der Waals surface area contributed by atoms with Gasteiger partial charge >= 0.3 is 6.09 Å². The van der Waals surface area contributed by atoms with E-state index in [-0.39, 0.29) is 18.3 Å². The van der Waals surface area contributed by atoms with Crippen molar-refractivity contribution >= 4 is 17.4 Å². The third-order valence-corrected chi connectivity index (χ3v) is 7.52. The molecule has 2 aliphatic carbocycles. The van der Waals surface area contributed by atoms with Gasteiger partial charge < -0.3 is 4.74 Å². The number of amides is 1. The Hall–Kier alpha value is -3.40. The fourth-order valence-corrected chi connectivity index (χ4v) is 6.30. The van der Waals surface area contributed by atoms with Crippen LogP contribution in [0.3, 0.4) is 0 Å². The smallest absolute Gasteiger partial charge is 0.414 e. The van der Waals surface area contributed by atoms with Crippen molar-refractivity contribution < 1.29 is 14.3 Å². The van der Waals surface area contributed by atoms with E-state index in [1.54, 1.807) is 11.8 Å². The zero-order valence-electron chi connectivity index (χ0n) is 18.6. The van der Waals surface area contributed by atoms with Crippen molar-refractivity contribution in [1.82, 2.24) is 4.90 Å². The van der Waals surface area contributed by atoms with Gasteiger partial charge in [-0.3, -0.25) is 9.69 Å². The number of carbonyl (C=O) groups excluding carboxylic acids is 2. The van der Waals surface area contributed by atoms with Gasteiger partial charge in [-0.25, -0.2) is 4.79 Å². The van der Waals surface area contributed by atoms with E-state index in [2.05, 4.69) is 36.4 Å². The van der Waals surface area contributed by atoms with Crippen LogP contribution in [0.2, 0.25) is 0 Å². The standard InChI is InChI=1S/C28H27NO3/c1-4-32-26(31)29-18-17-22-15-16-23(29)27(3)25(30)19(2)24(20-11-7-5-8-12-20)28(22,27)21-13-9-6-10-14-21/h5-18,22-23H,4H2,1-3H3/t22-,23+,27-,28+/m1/s1. The van der Waals surface area contributed by atoms with Crippen molar-refractivity contribution in [3.05, 3.63) is 102 Å². The molecule has 2 heterocycles. The van der Waals surface area contributed by atoms with Gasteiger partial charge in [0, 0.05) is 17.5 Å². The number of ketones is 1. The van der Waals surface area contributed by atoms with Crippen LogP contribution in [-0.2, 0) is 14.9 Å². The number of rotatable bonds is 3. The number of carbonyl (C=O) groups is 2. The molecule has 6 rings (SSSR count). The normalized spacial score (nSPS) is 30.5. The number of fused-ring (bicyclic) bond motifs is 1. The fraction of sp³-hybridized carbons (Fsp3) is 0.286. The number of allylic oxidation sites excluding steroid dienone is 4. The minimum Gasteiger partial charge on any atom is -0.449 e. The summed E-state index contributed by atoms with van der Waals surface area (Å²) in [5.74, 6) is -0.0141. The van der Waals surface area contributed by atoms with Crippen LogP contribution in [0.4, 0.5) is 4.79 Å². The minimum absolute atomic E-state index is 0.0811. The van der Waals surface area contributed by atoms with Crippen molar-refractivity contribution in [2.75, 3.05) is 6.61 Å². The first kappa shape index (κ1) is 20.5. The van der Waals surface area contributed by atoms with Crippen LogP contribution in [0, 0.1) is 11.3 Å². The van der Waals surface area contributed by atoms with E-state index in [1.165, 1.54) is 0 Å². The number of ether oxygens (including phenoxy) is 1. The quantitative estimate of drug-likeness (QED) is 0.608. The van der Waals surface area contributed by atoms with Gasteiger partial charge in [-0.15, -0.1) is 0 Å². The molecule has 2 bridgehead atoms. The second-order valence-electron chi connectivity index (χ2n) is 8.87. The van der Waals surface area contributed by atoms with Crippen LogP contribution in [0.5, 0.6) is 0 Å². The Labute approximate surface area is 188 Å². The van der Waals surface area contributed by atoms with Crippen LogP contribution in [0.1, 0.15) is 31.9 Å². The van der Waals surface area contributed by atoms with Crippen LogP contribution in [0.15, 0.2) is 90.7 Å². The summed E-state index contributed by atoms with van der Waals surface area (Å²) in [6, 6.07) is 20.0. The van der Waals surface area contributed by atoms with Gasteiger partial charge in [0.05, 0.1) is 18.1 Å². The van der Waals surface area contributed by atoms with Gasteiger partial charge in [0.25, 0.3) is 0 Å². The molecular formula is C28H27NO3. The van der Waals surface area contributed by atoms with Gasteiger partial charge in [0.15, 0.2) is 5.78 Å².